The number of carbonyl (C=O) groups excluding carboxylic acids is 1. The summed E-state index contributed by atoms with van der Waals surface area (Å²) < 4.78 is 12.9. The van der Waals surface area contributed by atoms with E-state index in [2.05, 4.69) is 36.3 Å². The molecule has 2 aliphatic rings. The van der Waals surface area contributed by atoms with Gasteiger partial charge in [-0.05, 0) is 36.1 Å². The topological polar surface area (TPSA) is 115 Å². The predicted octanol–water partition coefficient (Wildman–Crippen LogP) is 2.57. The highest BCUT2D eigenvalue weighted by Gasteiger charge is 2.29. The van der Waals surface area contributed by atoms with Gasteiger partial charge in [0.1, 0.15) is 11.3 Å². The second-order valence-electron chi connectivity index (χ2n) is 7.86. The van der Waals surface area contributed by atoms with Gasteiger partial charge < -0.3 is 20.4 Å². The molecule has 3 heterocycles. The molecular weight excluding hydrogens is 381 g/mol. The normalized spacial score (nSPS) is 20.4. The summed E-state index contributed by atoms with van der Waals surface area (Å²) >= 11 is 0. The van der Waals surface area contributed by atoms with Gasteiger partial charge in [-0.1, -0.05) is 19.8 Å². The van der Waals surface area contributed by atoms with Gasteiger partial charge in [-0.3, -0.25) is 9.48 Å². The summed E-state index contributed by atoms with van der Waals surface area (Å²) in [6.07, 6.45) is 2.22. The Bertz CT molecular complexity index is 1040. The zero-order chi connectivity index (χ0) is 21.3. The number of rotatable bonds is 5. The summed E-state index contributed by atoms with van der Waals surface area (Å²) in [6, 6.07) is 7.84. The van der Waals surface area contributed by atoms with Crippen molar-refractivity contribution < 1.29 is 14.2 Å². The van der Waals surface area contributed by atoms with Crippen molar-refractivity contribution in [3.05, 3.63) is 41.5 Å². The molecule has 1 aromatic carbocycles. The minimum Gasteiger partial charge on any atom is -0.559 e. The number of hydrogen-bond donors (Lipinski definition) is 2. The summed E-state index contributed by atoms with van der Waals surface area (Å²) in [6.45, 7) is 5.21. The van der Waals surface area contributed by atoms with E-state index in [-0.39, 0.29) is 17.5 Å². The van der Waals surface area contributed by atoms with Gasteiger partial charge >= 0.3 is 7.48 Å². The number of hydrogen-bond acceptors (Lipinski definition) is 6. The number of allylic oxidation sites excluding steroid dienone is 1. The lowest BCUT2D eigenvalue weighted by Crippen LogP contribution is -2.29. The van der Waals surface area contributed by atoms with Crippen LogP contribution in [-0.4, -0.2) is 36.4 Å². The smallest absolute Gasteiger partial charge is 0.366 e. The number of nitrogens with two attached hydrogens (primary N) is 1. The maximum absolute atomic E-state index is 12.0. The van der Waals surface area contributed by atoms with Crippen LogP contribution in [0.25, 0.3) is 5.57 Å². The lowest BCUT2D eigenvalue weighted by Gasteiger charge is -2.27. The van der Waals surface area contributed by atoms with Crippen molar-refractivity contribution in [2.75, 3.05) is 18.5 Å². The summed E-state index contributed by atoms with van der Waals surface area (Å²) in [5.41, 5.74) is 8.88. The summed E-state index contributed by atoms with van der Waals surface area (Å²) in [5, 5.41) is 17.2. The van der Waals surface area contributed by atoms with Crippen LogP contribution in [0.15, 0.2) is 30.4 Å². The van der Waals surface area contributed by atoms with Gasteiger partial charge in [-0.2, -0.15) is 10.4 Å². The number of anilines is 2. The van der Waals surface area contributed by atoms with Crippen LogP contribution in [0.3, 0.4) is 0 Å². The molecule has 1 amide bonds. The van der Waals surface area contributed by atoms with Crippen LogP contribution in [0.5, 0.6) is 5.75 Å². The lowest BCUT2D eigenvalue weighted by molar-refractivity contribution is 0.0342. The Kier molecular flexibility index (Phi) is 5.51. The first-order valence-corrected chi connectivity index (χ1v) is 10.1. The van der Waals surface area contributed by atoms with Crippen LogP contribution >= 0.6 is 0 Å². The molecule has 1 fully saturated rings. The van der Waals surface area contributed by atoms with E-state index in [1.165, 1.54) is 5.57 Å². The lowest BCUT2D eigenvalue weighted by atomic mass is 9.83. The summed E-state index contributed by atoms with van der Waals surface area (Å²) in [7, 11) is 0.563. The van der Waals surface area contributed by atoms with Gasteiger partial charge in [0.2, 0.25) is 0 Å². The van der Waals surface area contributed by atoms with E-state index in [0.29, 0.717) is 38.9 Å². The molecule has 1 saturated heterocycles. The van der Waals surface area contributed by atoms with Crippen LogP contribution in [0.2, 0.25) is 0 Å². The third-order valence-electron chi connectivity index (χ3n) is 5.55. The number of carbonyl (C=O) groups is 1. The largest absolute Gasteiger partial charge is 0.559 e. The highest BCUT2D eigenvalue weighted by atomic mass is 16.5. The molecule has 1 aromatic heterocycles. The van der Waals surface area contributed by atoms with E-state index in [1.54, 1.807) is 10.9 Å². The van der Waals surface area contributed by atoms with Gasteiger partial charge in [-0.15, -0.1) is 0 Å². The van der Waals surface area contributed by atoms with Crippen molar-refractivity contribution in [1.29, 1.82) is 5.26 Å². The maximum Gasteiger partial charge on any atom is 0.366 e. The van der Waals surface area contributed by atoms with Crippen LogP contribution in [0.4, 0.5) is 11.5 Å². The molecule has 0 saturated carbocycles. The first-order valence-electron chi connectivity index (χ1n) is 10.1. The first kappa shape index (κ1) is 20.0. The molecular formula is C21H24BN5O3. The van der Waals surface area contributed by atoms with E-state index in [0.717, 1.165) is 17.0 Å². The fraction of sp³-hybridized carbons (Fsp3) is 0.381. The molecule has 0 radical (unpaired) electrons. The zero-order valence-electron chi connectivity index (χ0n) is 17.1. The van der Waals surface area contributed by atoms with Gasteiger partial charge in [0.05, 0.1) is 24.6 Å². The Morgan fingerprint density at radius 2 is 2.30 bits per heavy atom. The predicted molar refractivity (Wildman–Crippen MR) is 115 cm³/mol. The summed E-state index contributed by atoms with van der Waals surface area (Å²) in [4.78, 5) is 12.0. The SMILES string of the molecule is CC(C)C1=CBOc2ccc(Nc3nn([C@@H]4COCC[C@H]4C#N)cc3C(N)=O)cc21. The number of ether oxygens (including phenoxy) is 1. The number of fused-ring (bicyclic) bond motifs is 1. The number of amides is 1. The minimum atomic E-state index is -0.585. The molecule has 154 valence electrons. The van der Waals surface area contributed by atoms with E-state index in [9.17, 15) is 10.1 Å². The van der Waals surface area contributed by atoms with Crippen LogP contribution in [0, 0.1) is 23.2 Å². The van der Waals surface area contributed by atoms with Gasteiger partial charge in [0, 0.05) is 24.1 Å². The van der Waals surface area contributed by atoms with Gasteiger partial charge in [0.15, 0.2) is 5.82 Å². The molecule has 2 atom stereocenters. The highest BCUT2D eigenvalue weighted by molar-refractivity contribution is 6.38. The van der Waals surface area contributed by atoms with E-state index < -0.39 is 5.91 Å². The average Bonchev–Trinajstić information content (AvgIpc) is 3.17. The minimum absolute atomic E-state index is 0.230. The molecule has 8 nitrogen and oxygen atoms in total. The van der Waals surface area contributed by atoms with Crippen molar-refractivity contribution in [3.63, 3.8) is 0 Å². The van der Waals surface area contributed by atoms with E-state index in [1.807, 2.05) is 18.2 Å². The fourth-order valence-corrected chi connectivity index (χ4v) is 3.94. The van der Waals surface area contributed by atoms with Crippen LogP contribution in [-0.2, 0) is 4.74 Å². The molecule has 2 aliphatic heterocycles. The van der Waals surface area contributed by atoms with Crippen molar-refractivity contribution in [2.45, 2.75) is 26.3 Å². The monoisotopic (exact) mass is 405 g/mol. The number of nitriles is 1. The molecule has 4 rings (SSSR count). The number of benzene rings is 1. The summed E-state index contributed by atoms with van der Waals surface area (Å²) in [5.74, 6) is 2.83. The Hall–Kier alpha value is -3.25. The Balaban J connectivity index is 1.66. The number of nitrogens with one attached hydrogen (secondary N) is 1. The molecule has 0 unspecified atom stereocenters. The first-order chi connectivity index (χ1) is 14.5. The second-order valence-corrected chi connectivity index (χ2v) is 7.86. The Morgan fingerprint density at radius 1 is 1.47 bits per heavy atom. The van der Waals surface area contributed by atoms with Gasteiger partial charge in [0.25, 0.3) is 5.91 Å². The molecule has 30 heavy (non-hydrogen) atoms. The number of nitrogens with zero attached hydrogens (tertiary/aromatic N) is 3. The van der Waals surface area contributed by atoms with Crippen molar-refractivity contribution >= 4 is 30.5 Å². The van der Waals surface area contributed by atoms with E-state index >= 15 is 0 Å². The maximum atomic E-state index is 12.0. The third-order valence-corrected chi connectivity index (χ3v) is 5.55. The Labute approximate surface area is 175 Å². The quantitative estimate of drug-likeness (QED) is 0.739. The molecule has 0 bridgehead atoms. The van der Waals surface area contributed by atoms with Crippen molar-refractivity contribution in [1.82, 2.24) is 9.78 Å². The molecule has 0 spiro atoms. The standard InChI is InChI=1S/C21H24BN5O3/c1-12(2)16-8-22-30-19-4-3-14(7-15(16)19)25-21-17(20(24)28)10-27(26-21)18-11-29-6-5-13(18)9-23/h3-4,7-8,10,12-13,18,22H,5-6,11H2,1-2H3,(H2,24,28)(H,25,26)/t13-,18+/m0/s1. The number of primary amides is 1. The average molecular weight is 405 g/mol. The van der Waals surface area contributed by atoms with Crippen LogP contribution < -0.4 is 15.7 Å². The molecule has 9 heteroatoms. The second kappa shape index (κ2) is 8.24. The van der Waals surface area contributed by atoms with E-state index in [4.69, 9.17) is 15.1 Å². The van der Waals surface area contributed by atoms with Crippen LogP contribution in [0.1, 0.15) is 42.2 Å². The Morgan fingerprint density at radius 3 is 3.03 bits per heavy atom. The molecule has 0 aliphatic carbocycles. The molecule has 3 N–H and O–H groups in total. The van der Waals surface area contributed by atoms with Gasteiger partial charge in [-0.25, -0.2) is 0 Å². The fourth-order valence-electron chi connectivity index (χ4n) is 3.94. The van der Waals surface area contributed by atoms with Crippen molar-refractivity contribution in [3.8, 4) is 11.8 Å². The highest BCUT2D eigenvalue weighted by Crippen LogP contribution is 2.36. The third kappa shape index (κ3) is 3.78. The zero-order valence-corrected chi connectivity index (χ0v) is 17.1. The molecule has 2 aromatic rings. The van der Waals surface area contributed by atoms with Crippen molar-refractivity contribution in [2.24, 2.45) is 17.6 Å². The number of aromatic nitrogens is 2.